The van der Waals surface area contributed by atoms with Crippen molar-refractivity contribution in [2.75, 3.05) is 13.3 Å². The van der Waals surface area contributed by atoms with Crippen molar-refractivity contribution in [3.05, 3.63) is 96.6 Å². The molecule has 0 atom stereocenters. The largest absolute Gasteiger partial charge is 0.478 e. The zero-order valence-electron chi connectivity index (χ0n) is 17.8. The van der Waals surface area contributed by atoms with Crippen molar-refractivity contribution >= 4 is 51.0 Å². The summed E-state index contributed by atoms with van der Waals surface area (Å²) in [7, 11) is 0. The summed E-state index contributed by atoms with van der Waals surface area (Å²) in [5.74, 6) is 1.58. The Labute approximate surface area is 210 Å². The van der Waals surface area contributed by atoms with Crippen molar-refractivity contribution in [2.45, 2.75) is 19.9 Å². The van der Waals surface area contributed by atoms with E-state index in [0.717, 1.165) is 45.4 Å². The maximum Gasteiger partial charge on any atom is 0.232 e. The van der Waals surface area contributed by atoms with Crippen LogP contribution in [0.3, 0.4) is 0 Å². The zero-order valence-corrected chi connectivity index (χ0v) is 20.9. The maximum atomic E-state index is 13.2. The molecule has 0 radical (unpaired) electrons. The molecule has 0 saturated carbocycles. The first kappa shape index (κ1) is 22.5. The molecule has 168 valence electrons. The molecule has 7 heteroatoms. The topological polar surface area (TPSA) is 38.8 Å². The summed E-state index contributed by atoms with van der Waals surface area (Å²) >= 11 is 15.9. The van der Waals surface area contributed by atoms with Gasteiger partial charge in [-0.25, -0.2) is 0 Å². The van der Waals surface area contributed by atoms with Crippen LogP contribution in [-0.2, 0) is 13.0 Å². The molecule has 33 heavy (non-hydrogen) atoms. The summed E-state index contributed by atoms with van der Waals surface area (Å²) < 4.78 is 13.1. The Morgan fingerprint density at radius 3 is 2.76 bits per heavy atom. The number of ether oxygens (including phenoxy) is 2. The van der Waals surface area contributed by atoms with Gasteiger partial charge < -0.3 is 9.47 Å². The lowest BCUT2D eigenvalue weighted by Crippen LogP contribution is -2.34. The van der Waals surface area contributed by atoms with Gasteiger partial charge >= 0.3 is 0 Å². The number of rotatable bonds is 4. The fraction of sp³-hybridized carbons (Fsp3) is 0.192. The number of halogens is 3. The molecule has 2 heterocycles. The molecular formula is C26H20BrCl2NO3. The maximum absolute atomic E-state index is 13.2. The second-order valence-corrected chi connectivity index (χ2v) is 9.85. The van der Waals surface area contributed by atoms with E-state index in [0.29, 0.717) is 40.4 Å². The van der Waals surface area contributed by atoms with Crippen molar-refractivity contribution in [2.24, 2.45) is 0 Å². The second kappa shape index (κ2) is 9.15. The van der Waals surface area contributed by atoms with E-state index >= 15 is 0 Å². The highest BCUT2D eigenvalue weighted by Gasteiger charge is 2.35. The van der Waals surface area contributed by atoms with Gasteiger partial charge in [-0.2, -0.15) is 0 Å². The number of fused-ring (bicyclic) bond motifs is 3. The third-order valence-corrected chi connectivity index (χ3v) is 7.20. The summed E-state index contributed by atoms with van der Waals surface area (Å²) in [6.45, 7) is 3.75. The van der Waals surface area contributed by atoms with Gasteiger partial charge in [-0.15, -0.1) is 0 Å². The quantitative estimate of drug-likeness (QED) is 0.329. The summed E-state index contributed by atoms with van der Waals surface area (Å²) in [6, 6.07) is 15.2. The van der Waals surface area contributed by atoms with Crippen LogP contribution < -0.4 is 9.47 Å². The Hall–Kier alpha value is -2.31. The Bertz CT molecular complexity index is 1300. The van der Waals surface area contributed by atoms with Gasteiger partial charge in [0.2, 0.25) is 5.78 Å². The average Bonchev–Trinajstić information content (AvgIpc) is 3.12. The van der Waals surface area contributed by atoms with Crippen LogP contribution in [0.1, 0.15) is 32.6 Å². The van der Waals surface area contributed by atoms with Gasteiger partial charge in [0.05, 0.1) is 11.1 Å². The predicted octanol–water partition coefficient (Wildman–Crippen LogP) is 7.08. The highest BCUT2D eigenvalue weighted by atomic mass is 79.9. The third-order valence-electron chi connectivity index (χ3n) is 5.89. The molecule has 0 spiro atoms. The van der Waals surface area contributed by atoms with E-state index in [4.69, 9.17) is 32.7 Å². The molecule has 5 rings (SSSR count). The first-order chi connectivity index (χ1) is 15.9. The van der Waals surface area contributed by atoms with Crippen LogP contribution in [0.15, 0.2) is 58.8 Å². The molecule has 2 aliphatic heterocycles. The number of Topliss-reactive ketones (excluding diaryl/α,β-unsaturated/α-hetero) is 1. The first-order valence-electron chi connectivity index (χ1n) is 10.5. The van der Waals surface area contributed by atoms with E-state index in [2.05, 4.69) is 20.8 Å². The average molecular weight is 545 g/mol. The van der Waals surface area contributed by atoms with Gasteiger partial charge in [0, 0.05) is 27.6 Å². The Balaban J connectivity index is 1.40. The minimum atomic E-state index is -0.105. The standard InChI is InChI=1S/C26H20BrCl2NO3/c1-15-10-22-19(13-30(14-32-22)9-8-16-6-7-18(28)12-21(16)29)26-24(15)25(31)23(33-26)11-17-4-2-3-5-20(17)27/h2-7,10-12H,8-9,13-14H2,1H3/b23-11+. The Morgan fingerprint density at radius 2 is 1.97 bits per heavy atom. The van der Waals surface area contributed by atoms with Gasteiger partial charge in [-0.1, -0.05) is 63.4 Å². The molecule has 0 amide bonds. The number of allylic oxidation sites excluding steroid dienone is 1. The SMILES string of the molecule is Cc1cc2c(c3c1C(=O)/C(=C\c1ccccc1Br)O3)CN(CCc1ccc(Cl)cc1Cl)CO2. The predicted molar refractivity (Wildman–Crippen MR) is 134 cm³/mol. The molecule has 2 aliphatic rings. The molecule has 0 fully saturated rings. The van der Waals surface area contributed by atoms with E-state index < -0.39 is 0 Å². The van der Waals surface area contributed by atoms with Crippen LogP contribution in [0, 0.1) is 6.92 Å². The molecule has 0 bridgehead atoms. The van der Waals surface area contributed by atoms with Crippen molar-refractivity contribution in [1.82, 2.24) is 4.90 Å². The van der Waals surface area contributed by atoms with Crippen LogP contribution in [0.5, 0.6) is 11.5 Å². The van der Waals surface area contributed by atoms with Crippen molar-refractivity contribution in [3.8, 4) is 11.5 Å². The Morgan fingerprint density at radius 1 is 1.15 bits per heavy atom. The number of benzene rings is 3. The molecule has 0 unspecified atom stereocenters. The van der Waals surface area contributed by atoms with Crippen LogP contribution in [0.2, 0.25) is 10.0 Å². The van der Waals surface area contributed by atoms with E-state index in [9.17, 15) is 4.79 Å². The van der Waals surface area contributed by atoms with Crippen LogP contribution in [0.25, 0.3) is 6.08 Å². The van der Waals surface area contributed by atoms with Crippen LogP contribution in [-0.4, -0.2) is 24.0 Å². The van der Waals surface area contributed by atoms with Gasteiger partial charge in [0.15, 0.2) is 5.76 Å². The molecule has 0 N–H and O–H groups in total. The molecule has 0 aliphatic carbocycles. The van der Waals surface area contributed by atoms with Crippen molar-refractivity contribution in [3.63, 3.8) is 0 Å². The lowest BCUT2D eigenvalue weighted by atomic mass is 9.98. The fourth-order valence-corrected chi connectivity index (χ4v) is 5.06. The molecule has 4 nitrogen and oxygen atoms in total. The number of carbonyl (C=O) groups is 1. The minimum Gasteiger partial charge on any atom is -0.478 e. The van der Waals surface area contributed by atoms with E-state index in [1.54, 1.807) is 12.1 Å². The number of hydrogen-bond donors (Lipinski definition) is 0. The fourth-order valence-electron chi connectivity index (χ4n) is 4.16. The summed E-state index contributed by atoms with van der Waals surface area (Å²) in [5, 5.41) is 1.28. The van der Waals surface area contributed by atoms with E-state index in [1.165, 1.54) is 0 Å². The smallest absolute Gasteiger partial charge is 0.232 e. The van der Waals surface area contributed by atoms with Gasteiger partial charge in [0.25, 0.3) is 0 Å². The lowest BCUT2D eigenvalue weighted by Gasteiger charge is -2.30. The molecule has 0 saturated heterocycles. The second-order valence-electron chi connectivity index (χ2n) is 8.15. The Kier molecular flexibility index (Phi) is 6.23. The number of ketones is 1. The number of hydrogen-bond acceptors (Lipinski definition) is 4. The molecule has 3 aromatic carbocycles. The van der Waals surface area contributed by atoms with Crippen molar-refractivity contribution < 1.29 is 14.3 Å². The number of nitrogens with zero attached hydrogens (tertiary/aromatic N) is 1. The van der Waals surface area contributed by atoms with Crippen LogP contribution in [0.4, 0.5) is 0 Å². The van der Waals surface area contributed by atoms with E-state index in [1.807, 2.05) is 49.4 Å². The van der Waals surface area contributed by atoms with Gasteiger partial charge in [0.1, 0.15) is 18.2 Å². The third kappa shape index (κ3) is 4.43. The normalized spacial score (nSPS) is 16.4. The lowest BCUT2D eigenvalue weighted by molar-refractivity contribution is 0.0949. The number of carbonyl (C=O) groups excluding carboxylic acids is 1. The summed E-state index contributed by atoms with van der Waals surface area (Å²) in [5.41, 5.74) is 4.28. The molecular weight excluding hydrogens is 525 g/mol. The highest BCUT2D eigenvalue weighted by Crippen LogP contribution is 2.44. The van der Waals surface area contributed by atoms with Crippen LogP contribution >= 0.6 is 39.1 Å². The first-order valence-corrected chi connectivity index (χ1v) is 12.1. The van der Waals surface area contributed by atoms with Gasteiger partial charge in [-0.05, 0) is 60.4 Å². The zero-order chi connectivity index (χ0) is 23.1. The monoisotopic (exact) mass is 543 g/mol. The molecule has 0 aromatic heterocycles. The molecule has 3 aromatic rings. The van der Waals surface area contributed by atoms with Gasteiger partial charge in [-0.3, -0.25) is 9.69 Å². The van der Waals surface area contributed by atoms with Crippen molar-refractivity contribution in [1.29, 1.82) is 0 Å². The van der Waals surface area contributed by atoms with E-state index in [-0.39, 0.29) is 5.78 Å². The highest BCUT2D eigenvalue weighted by molar-refractivity contribution is 9.10. The summed E-state index contributed by atoms with van der Waals surface area (Å²) in [4.78, 5) is 15.4. The number of aryl methyl sites for hydroxylation is 1. The minimum absolute atomic E-state index is 0.105. The summed E-state index contributed by atoms with van der Waals surface area (Å²) in [6.07, 6.45) is 2.54.